The van der Waals surface area contributed by atoms with Crippen molar-refractivity contribution in [3.8, 4) is 5.75 Å². The molecule has 0 fully saturated rings. The van der Waals surface area contributed by atoms with Crippen molar-refractivity contribution in [2.45, 2.75) is 0 Å². The minimum absolute atomic E-state index is 0.0554. The van der Waals surface area contributed by atoms with Crippen molar-refractivity contribution in [3.05, 3.63) is 58.4 Å². The first kappa shape index (κ1) is 14.8. The molecule has 0 aliphatic rings. The lowest BCUT2D eigenvalue weighted by atomic mass is 10.1. The Morgan fingerprint density at radius 2 is 1.76 bits per heavy atom. The molecule has 0 unspecified atom stereocenters. The fraction of sp³-hybridized carbons (Fsp3) is 0. The molecule has 0 aliphatic heterocycles. The van der Waals surface area contributed by atoms with E-state index in [-0.39, 0.29) is 21.8 Å². The number of carboxylic acid groups (broad SMARTS) is 1. The van der Waals surface area contributed by atoms with Crippen molar-refractivity contribution >= 4 is 29.2 Å². The van der Waals surface area contributed by atoms with Crippen LogP contribution < -0.4 is 5.32 Å². The summed E-state index contributed by atoms with van der Waals surface area (Å²) in [4.78, 5) is 22.7. The van der Waals surface area contributed by atoms with Crippen LogP contribution in [0.2, 0.25) is 5.02 Å². The monoisotopic (exact) mass is 309 g/mol. The third-order valence-electron chi connectivity index (χ3n) is 2.66. The minimum atomic E-state index is -1.29. The van der Waals surface area contributed by atoms with Gasteiger partial charge in [-0.1, -0.05) is 11.6 Å². The summed E-state index contributed by atoms with van der Waals surface area (Å²) in [6, 6.07) is 6.88. The number of phenols is 1. The van der Waals surface area contributed by atoms with Gasteiger partial charge in [-0.15, -0.1) is 0 Å². The lowest BCUT2D eigenvalue weighted by molar-refractivity contribution is 0.0693. The Morgan fingerprint density at radius 1 is 1.10 bits per heavy atom. The molecule has 1 amide bonds. The van der Waals surface area contributed by atoms with E-state index in [1.165, 1.54) is 12.1 Å². The van der Waals surface area contributed by atoms with Gasteiger partial charge in [-0.2, -0.15) is 0 Å². The van der Waals surface area contributed by atoms with Crippen LogP contribution in [-0.2, 0) is 0 Å². The molecule has 0 aliphatic carbocycles. The van der Waals surface area contributed by atoms with Crippen LogP contribution in [-0.4, -0.2) is 22.1 Å². The Balaban J connectivity index is 2.23. The zero-order valence-electron chi connectivity index (χ0n) is 10.4. The molecule has 3 N–H and O–H groups in total. The lowest BCUT2D eigenvalue weighted by Crippen LogP contribution is -2.12. The summed E-state index contributed by atoms with van der Waals surface area (Å²) in [5.74, 6) is -2.94. The number of halogens is 2. The average molecular weight is 310 g/mol. The summed E-state index contributed by atoms with van der Waals surface area (Å²) in [6.07, 6.45) is 0. The van der Waals surface area contributed by atoms with E-state index in [2.05, 4.69) is 5.32 Å². The molecule has 7 heteroatoms. The van der Waals surface area contributed by atoms with E-state index in [9.17, 15) is 19.1 Å². The van der Waals surface area contributed by atoms with Gasteiger partial charge < -0.3 is 15.5 Å². The second kappa shape index (κ2) is 5.80. The molecule has 0 aromatic heterocycles. The minimum Gasteiger partial charge on any atom is -0.507 e. The first-order chi connectivity index (χ1) is 9.88. The number of carbonyl (C=O) groups excluding carboxylic acids is 1. The predicted octanol–water partition coefficient (Wildman–Crippen LogP) is 3.14. The smallest absolute Gasteiger partial charge is 0.339 e. The van der Waals surface area contributed by atoms with Gasteiger partial charge in [0, 0.05) is 11.8 Å². The van der Waals surface area contributed by atoms with E-state index in [0.29, 0.717) is 0 Å². The number of carbonyl (C=O) groups is 2. The number of benzene rings is 2. The number of aromatic carboxylic acids is 1. The molecule has 2 rings (SSSR count). The molecule has 0 saturated carbocycles. The highest BCUT2D eigenvalue weighted by Gasteiger charge is 2.14. The Bertz CT molecular complexity index is 733. The molecule has 21 heavy (non-hydrogen) atoms. The van der Waals surface area contributed by atoms with Gasteiger partial charge >= 0.3 is 5.97 Å². The summed E-state index contributed by atoms with van der Waals surface area (Å²) in [5, 5.41) is 20.7. The molecule has 108 valence electrons. The van der Waals surface area contributed by atoms with Crippen LogP contribution in [0.1, 0.15) is 20.7 Å². The van der Waals surface area contributed by atoms with Gasteiger partial charge in [0.05, 0.1) is 10.6 Å². The number of aromatic hydroxyl groups is 1. The van der Waals surface area contributed by atoms with Crippen LogP contribution in [0.4, 0.5) is 10.1 Å². The second-order valence-electron chi connectivity index (χ2n) is 4.12. The van der Waals surface area contributed by atoms with E-state index in [0.717, 1.165) is 24.3 Å². The molecule has 0 spiro atoms. The average Bonchev–Trinajstić information content (AvgIpc) is 2.37. The van der Waals surface area contributed by atoms with Gasteiger partial charge in [-0.05, 0) is 30.3 Å². The van der Waals surface area contributed by atoms with E-state index < -0.39 is 23.4 Å². The lowest BCUT2D eigenvalue weighted by Gasteiger charge is -2.08. The van der Waals surface area contributed by atoms with Crippen LogP contribution in [0.3, 0.4) is 0 Å². The van der Waals surface area contributed by atoms with Gasteiger partial charge in [-0.25, -0.2) is 9.18 Å². The SMILES string of the molecule is O=C(O)c1ccc(NC(=O)c2ccc(F)cc2Cl)cc1O. The quantitative estimate of drug-likeness (QED) is 0.813. The van der Waals surface area contributed by atoms with Gasteiger partial charge in [0.2, 0.25) is 0 Å². The third kappa shape index (κ3) is 3.29. The number of anilines is 1. The predicted molar refractivity (Wildman–Crippen MR) is 74.4 cm³/mol. The zero-order valence-corrected chi connectivity index (χ0v) is 11.2. The second-order valence-corrected chi connectivity index (χ2v) is 4.52. The largest absolute Gasteiger partial charge is 0.507 e. The molecule has 2 aromatic rings. The summed E-state index contributed by atoms with van der Waals surface area (Å²) in [5.41, 5.74) is -0.0458. The Morgan fingerprint density at radius 3 is 2.33 bits per heavy atom. The van der Waals surface area contributed by atoms with Gasteiger partial charge in [0.1, 0.15) is 17.1 Å². The molecular formula is C14H9ClFNO4. The number of amides is 1. The Labute approximate surface area is 123 Å². The zero-order chi connectivity index (χ0) is 15.6. The first-order valence-corrected chi connectivity index (χ1v) is 6.09. The molecular weight excluding hydrogens is 301 g/mol. The fourth-order valence-corrected chi connectivity index (χ4v) is 1.92. The van der Waals surface area contributed by atoms with Crippen molar-refractivity contribution in [2.75, 3.05) is 5.32 Å². The number of hydrogen-bond donors (Lipinski definition) is 3. The maximum atomic E-state index is 12.9. The van der Waals surface area contributed by atoms with Gasteiger partial charge in [0.15, 0.2) is 0 Å². The molecule has 0 bridgehead atoms. The highest BCUT2D eigenvalue weighted by molar-refractivity contribution is 6.34. The molecule has 0 atom stereocenters. The highest BCUT2D eigenvalue weighted by Crippen LogP contribution is 2.23. The highest BCUT2D eigenvalue weighted by atomic mass is 35.5. The molecule has 5 nitrogen and oxygen atoms in total. The molecule has 2 aromatic carbocycles. The number of hydrogen-bond acceptors (Lipinski definition) is 3. The molecule has 0 saturated heterocycles. The van der Waals surface area contributed by atoms with Crippen molar-refractivity contribution in [1.29, 1.82) is 0 Å². The van der Waals surface area contributed by atoms with Crippen LogP contribution in [0.15, 0.2) is 36.4 Å². The van der Waals surface area contributed by atoms with Crippen molar-refractivity contribution in [1.82, 2.24) is 0 Å². The van der Waals surface area contributed by atoms with Crippen molar-refractivity contribution in [3.63, 3.8) is 0 Å². The van der Waals surface area contributed by atoms with Crippen LogP contribution in [0.25, 0.3) is 0 Å². The summed E-state index contributed by atoms with van der Waals surface area (Å²) in [7, 11) is 0. The van der Waals surface area contributed by atoms with Crippen LogP contribution >= 0.6 is 11.6 Å². The van der Waals surface area contributed by atoms with E-state index in [1.807, 2.05) is 0 Å². The first-order valence-electron chi connectivity index (χ1n) is 5.71. The normalized spacial score (nSPS) is 10.2. The number of rotatable bonds is 3. The maximum absolute atomic E-state index is 12.9. The van der Waals surface area contributed by atoms with E-state index in [1.54, 1.807) is 0 Å². The fourth-order valence-electron chi connectivity index (χ4n) is 1.66. The van der Waals surface area contributed by atoms with Gasteiger partial charge in [-0.3, -0.25) is 4.79 Å². The summed E-state index contributed by atoms with van der Waals surface area (Å²) >= 11 is 5.76. The summed E-state index contributed by atoms with van der Waals surface area (Å²) < 4.78 is 12.9. The standard InChI is InChI=1S/C14H9ClFNO4/c15-11-5-7(16)1-3-9(11)13(19)17-8-2-4-10(14(20)21)12(18)6-8/h1-6,18H,(H,17,19)(H,20,21). The van der Waals surface area contributed by atoms with Gasteiger partial charge in [0.25, 0.3) is 5.91 Å². The van der Waals surface area contributed by atoms with Crippen LogP contribution in [0.5, 0.6) is 5.75 Å². The third-order valence-corrected chi connectivity index (χ3v) is 2.97. The Hall–Kier alpha value is -2.60. The van der Waals surface area contributed by atoms with Crippen LogP contribution in [0, 0.1) is 5.82 Å². The topological polar surface area (TPSA) is 86.6 Å². The van der Waals surface area contributed by atoms with Crippen molar-refractivity contribution < 1.29 is 24.2 Å². The van der Waals surface area contributed by atoms with Crippen molar-refractivity contribution in [2.24, 2.45) is 0 Å². The Kier molecular flexibility index (Phi) is 4.09. The molecule has 0 radical (unpaired) electrons. The number of nitrogens with one attached hydrogen (secondary N) is 1. The van der Waals surface area contributed by atoms with E-state index >= 15 is 0 Å². The molecule has 0 heterocycles. The summed E-state index contributed by atoms with van der Waals surface area (Å²) in [6.45, 7) is 0. The van der Waals surface area contributed by atoms with E-state index in [4.69, 9.17) is 16.7 Å². The maximum Gasteiger partial charge on any atom is 0.339 e. The number of carboxylic acids is 1.